The van der Waals surface area contributed by atoms with Crippen molar-refractivity contribution >= 4 is 35.2 Å². The summed E-state index contributed by atoms with van der Waals surface area (Å²) in [6.45, 7) is 7.98. The number of hydrogen-bond donors (Lipinski definition) is 0. The number of carbonyl (C=O) groups is 2. The minimum Gasteiger partial charge on any atom is -0.489 e. The van der Waals surface area contributed by atoms with Gasteiger partial charge in [0, 0.05) is 25.7 Å². The number of halogens is 2. The van der Waals surface area contributed by atoms with E-state index in [4.69, 9.17) is 37.4 Å². The van der Waals surface area contributed by atoms with Crippen LogP contribution in [0.25, 0.3) is 0 Å². The molecular weight excluding hydrogens is 471 g/mol. The van der Waals surface area contributed by atoms with Crippen molar-refractivity contribution < 1.29 is 23.8 Å². The second-order valence-corrected chi connectivity index (χ2v) is 10.4. The van der Waals surface area contributed by atoms with Gasteiger partial charge in [0.25, 0.3) is 5.91 Å². The molecule has 2 fully saturated rings. The zero-order valence-corrected chi connectivity index (χ0v) is 20.9. The van der Waals surface area contributed by atoms with E-state index >= 15 is 0 Å². The number of pyridine rings is 1. The van der Waals surface area contributed by atoms with E-state index < -0.39 is 11.7 Å². The molecule has 0 saturated carbocycles. The molecule has 1 aromatic rings. The fourth-order valence-corrected chi connectivity index (χ4v) is 4.72. The summed E-state index contributed by atoms with van der Waals surface area (Å²) < 4.78 is 17.5. The van der Waals surface area contributed by atoms with E-state index in [-0.39, 0.29) is 58.5 Å². The van der Waals surface area contributed by atoms with E-state index in [0.29, 0.717) is 19.7 Å². The van der Waals surface area contributed by atoms with Gasteiger partial charge < -0.3 is 28.9 Å². The molecule has 2 atom stereocenters. The third-order valence-electron chi connectivity index (χ3n) is 6.13. The molecule has 0 radical (unpaired) electrons. The topological polar surface area (TPSA) is 84.4 Å². The van der Waals surface area contributed by atoms with Crippen LogP contribution < -0.4 is 9.47 Å². The lowest BCUT2D eigenvalue weighted by molar-refractivity contribution is 0.000897. The Hall–Kier alpha value is -1.97. The number of likely N-dealkylation sites (N-methyl/N-ethyl adjacent to an activating group) is 1. The van der Waals surface area contributed by atoms with Crippen molar-refractivity contribution in [2.45, 2.75) is 51.3 Å². The highest BCUT2D eigenvalue weighted by molar-refractivity contribution is 6.42. The van der Waals surface area contributed by atoms with Gasteiger partial charge in [0.05, 0.1) is 6.04 Å². The van der Waals surface area contributed by atoms with Crippen LogP contribution in [0.5, 0.6) is 11.6 Å². The Morgan fingerprint density at radius 2 is 2.00 bits per heavy atom. The Kier molecular flexibility index (Phi) is 6.85. The molecule has 0 unspecified atom stereocenters. The van der Waals surface area contributed by atoms with E-state index in [1.54, 1.807) is 9.80 Å². The molecule has 2 saturated heterocycles. The third kappa shape index (κ3) is 5.10. The van der Waals surface area contributed by atoms with Crippen LogP contribution in [0, 0.1) is 0 Å². The second kappa shape index (κ2) is 9.35. The Morgan fingerprint density at radius 1 is 1.24 bits per heavy atom. The average molecular weight is 501 g/mol. The molecule has 2 amide bonds. The molecular formula is C22H30Cl2N4O5. The number of ether oxygens (including phenoxy) is 3. The van der Waals surface area contributed by atoms with Gasteiger partial charge in [-0.05, 0) is 47.2 Å². The van der Waals surface area contributed by atoms with Crippen molar-refractivity contribution in [3.63, 3.8) is 0 Å². The molecule has 182 valence electrons. The van der Waals surface area contributed by atoms with Crippen molar-refractivity contribution in [2.24, 2.45) is 0 Å². The van der Waals surface area contributed by atoms with Crippen LogP contribution in [-0.2, 0) is 4.74 Å². The number of likely N-dealkylation sites (tertiary alicyclic amines) is 1. The first kappa shape index (κ1) is 24.2. The summed E-state index contributed by atoms with van der Waals surface area (Å²) in [5.74, 6) is 0.00626. The summed E-state index contributed by atoms with van der Waals surface area (Å²) in [5, 5.41) is 0.0995. The molecule has 1 aromatic heterocycles. The predicted octanol–water partition coefficient (Wildman–Crippen LogP) is 3.32. The number of nitrogens with zero attached hydrogens (tertiary/aromatic N) is 4. The van der Waals surface area contributed by atoms with Gasteiger partial charge in [0.2, 0.25) is 5.88 Å². The summed E-state index contributed by atoms with van der Waals surface area (Å²) in [6.07, 6.45) is 1.70. The van der Waals surface area contributed by atoms with Crippen molar-refractivity contribution in [2.75, 3.05) is 46.4 Å². The van der Waals surface area contributed by atoms with Gasteiger partial charge in [0.1, 0.15) is 29.4 Å². The first-order chi connectivity index (χ1) is 15.5. The normalized spacial score (nSPS) is 23.5. The van der Waals surface area contributed by atoms with Crippen molar-refractivity contribution in [1.82, 2.24) is 19.7 Å². The lowest BCUT2D eigenvalue weighted by atomic mass is 10.1. The quantitative estimate of drug-likeness (QED) is 0.588. The maximum absolute atomic E-state index is 13.6. The van der Waals surface area contributed by atoms with Crippen LogP contribution >= 0.6 is 23.2 Å². The predicted molar refractivity (Wildman–Crippen MR) is 124 cm³/mol. The summed E-state index contributed by atoms with van der Waals surface area (Å²) >= 11 is 12.6. The molecule has 3 aliphatic rings. The molecule has 0 aliphatic carbocycles. The average Bonchev–Trinajstić information content (AvgIpc) is 3.09. The van der Waals surface area contributed by atoms with E-state index in [2.05, 4.69) is 9.88 Å². The first-order valence-electron chi connectivity index (χ1n) is 11.2. The standard InChI is InChI=1S/C22H30Cl2N4O5/c1-22(2,3)33-21(30)27-8-9-28-14(10-27)12-31-17-15(20(28)29)19(25-18(24)16(17)23)32-11-13-6-5-7-26(13)4/h13-14H,5-12H2,1-4H3/t13-,14+/m0/s1. The summed E-state index contributed by atoms with van der Waals surface area (Å²) in [7, 11) is 2.05. The molecule has 0 spiro atoms. The van der Waals surface area contributed by atoms with Gasteiger partial charge in [0.15, 0.2) is 10.9 Å². The molecule has 9 nitrogen and oxygen atoms in total. The summed E-state index contributed by atoms with van der Waals surface area (Å²) in [6, 6.07) is -0.126. The Balaban J connectivity index is 1.56. The van der Waals surface area contributed by atoms with Crippen LogP contribution in [0.2, 0.25) is 10.2 Å². The van der Waals surface area contributed by atoms with Crippen molar-refractivity contribution in [3.8, 4) is 11.6 Å². The molecule has 0 aromatic carbocycles. The lowest BCUT2D eigenvalue weighted by Gasteiger charge is -2.40. The summed E-state index contributed by atoms with van der Waals surface area (Å²) in [4.78, 5) is 35.9. The Bertz CT molecular complexity index is 938. The van der Waals surface area contributed by atoms with Gasteiger partial charge >= 0.3 is 6.09 Å². The molecule has 0 bridgehead atoms. The van der Waals surface area contributed by atoms with Crippen molar-refractivity contribution in [1.29, 1.82) is 0 Å². The van der Waals surface area contributed by atoms with E-state index in [0.717, 1.165) is 19.4 Å². The SMILES string of the molecule is CN1CCC[C@H]1COc1nc(Cl)c(Cl)c2c1C(=O)N1CCN(C(=O)OC(C)(C)C)C[C@@H]1CO2. The zero-order valence-electron chi connectivity index (χ0n) is 19.4. The zero-order chi connectivity index (χ0) is 23.9. The number of piperazine rings is 1. The number of rotatable bonds is 3. The number of amides is 2. The van der Waals surface area contributed by atoms with Gasteiger partial charge in [-0.3, -0.25) is 4.79 Å². The Morgan fingerprint density at radius 3 is 2.67 bits per heavy atom. The summed E-state index contributed by atoms with van der Waals surface area (Å²) in [5.41, 5.74) is -0.422. The van der Waals surface area contributed by atoms with Crippen molar-refractivity contribution in [3.05, 3.63) is 15.7 Å². The van der Waals surface area contributed by atoms with Crippen LogP contribution in [-0.4, -0.2) is 95.8 Å². The number of fused-ring (bicyclic) bond motifs is 2. The van der Waals surface area contributed by atoms with Crippen LogP contribution in [0.1, 0.15) is 44.0 Å². The lowest BCUT2D eigenvalue weighted by Crippen LogP contribution is -2.58. The van der Waals surface area contributed by atoms with Gasteiger partial charge in [-0.1, -0.05) is 23.2 Å². The monoisotopic (exact) mass is 500 g/mol. The molecule has 4 rings (SSSR count). The first-order valence-corrected chi connectivity index (χ1v) is 11.9. The molecule has 33 heavy (non-hydrogen) atoms. The maximum atomic E-state index is 13.6. The van der Waals surface area contributed by atoms with Gasteiger partial charge in [-0.2, -0.15) is 4.98 Å². The van der Waals surface area contributed by atoms with Gasteiger partial charge in [-0.25, -0.2) is 4.79 Å². The maximum Gasteiger partial charge on any atom is 0.410 e. The van der Waals surface area contributed by atoms with Crippen LogP contribution in [0.4, 0.5) is 4.79 Å². The minimum atomic E-state index is -0.601. The smallest absolute Gasteiger partial charge is 0.410 e. The van der Waals surface area contributed by atoms with E-state index in [1.807, 2.05) is 27.8 Å². The van der Waals surface area contributed by atoms with Crippen LogP contribution in [0.3, 0.4) is 0 Å². The second-order valence-electron chi connectivity index (χ2n) is 9.70. The molecule has 11 heteroatoms. The van der Waals surface area contributed by atoms with Gasteiger partial charge in [-0.15, -0.1) is 0 Å². The largest absolute Gasteiger partial charge is 0.489 e. The Labute approximate surface area is 203 Å². The number of carbonyl (C=O) groups excluding carboxylic acids is 2. The molecule has 4 heterocycles. The highest BCUT2D eigenvalue weighted by atomic mass is 35.5. The highest BCUT2D eigenvalue weighted by Gasteiger charge is 2.41. The highest BCUT2D eigenvalue weighted by Crippen LogP contribution is 2.41. The van der Waals surface area contributed by atoms with E-state index in [1.165, 1.54) is 0 Å². The number of hydrogen-bond acceptors (Lipinski definition) is 7. The number of aromatic nitrogens is 1. The fraction of sp³-hybridized carbons (Fsp3) is 0.682. The van der Waals surface area contributed by atoms with E-state index in [9.17, 15) is 9.59 Å². The van der Waals surface area contributed by atoms with Crippen LogP contribution in [0.15, 0.2) is 0 Å². The molecule has 0 N–H and O–H groups in total. The molecule has 3 aliphatic heterocycles. The minimum absolute atomic E-state index is 0.0215. The fourth-order valence-electron chi connectivity index (χ4n) is 4.37. The third-order valence-corrected chi connectivity index (χ3v) is 6.86.